The maximum Gasteiger partial charge on any atom is 0.138 e. The fourth-order valence-corrected chi connectivity index (χ4v) is 1.97. The van der Waals surface area contributed by atoms with Gasteiger partial charge in [0.1, 0.15) is 5.78 Å². The van der Waals surface area contributed by atoms with Crippen LogP contribution in [0.25, 0.3) is 0 Å². The Kier molecular flexibility index (Phi) is 4.74. The van der Waals surface area contributed by atoms with Crippen LogP contribution < -0.4 is 5.73 Å². The van der Waals surface area contributed by atoms with E-state index in [0.29, 0.717) is 25.4 Å². The van der Waals surface area contributed by atoms with Crippen LogP contribution in [0.5, 0.6) is 0 Å². The molecule has 0 amide bonds. The Morgan fingerprint density at radius 2 is 2.20 bits per heavy atom. The normalized spacial score (nSPS) is 21.9. The number of carbonyl (C=O) groups excluding carboxylic acids is 1. The molecule has 1 saturated heterocycles. The number of hydrogen-bond donors (Lipinski definition) is 1. The predicted molar refractivity (Wildman–Crippen MR) is 60.6 cm³/mol. The van der Waals surface area contributed by atoms with Crippen LogP contribution in [0.3, 0.4) is 0 Å². The van der Waals surface area contributed by atoms with Crippen molar-refractivity contribution < 1.29 is 9.53 Å². The molecule has 1 fully saturated rings. The first kappa shape index (κ1) is 12.7. The van der Waals surface area contributed by atoms with Gasteiger partial charge in [0.25, 0.3) is 0 Å². The Labute approximate surface area is 92.4 Å². The maximum atomic E-state index is 11.8. The van der Waals surface area contributed by atoms with Crippen molar-refractivity contribution in [2.45, 2.75) is 39.5 Å². The average Bonchev–Trinajstić information content (AvgIpc) is 2.67. The molecule has 1 heterocycles. The number of ketones is 1. The molecule has 1 aliphatic heterocycles. The van der Waals surface area contributed by atoms with E-state index in [1.165, 1.54) is 0 Å². The van der Waals surface area contributed by atoms with Gasteiger partial charge in [-0.15, -0.1) is 0 Å². The van der Waals surface area contributed by atoms with E-state index < -0.39 is 0 Å². The molecule has 1 atom stereocenters. The molecule has 0 radical (unpaired) electrons. The van der Waals surface area contributed by atoms with Gasteiger partial charge in [-0.3, -0.25) is 4.79 Å². The lowest BCUT2D eigenvalue weighted by molar-refractivity contribution is -0.123. The zero-order chi connectivity index (χ0) is 11.3. The van der Waals surface area contributed by atoms with Gasteiger partial charge in [0.05, 0.1) is 6.61 Å². The number of nitrogens with two attached hydrogens (primary N) is 1. The average molecular weight is 213 g/mol. The van der Waals surface area contributed by atoms with Gasteiger partial charge in [-0.2, -0.15) is 0 Å². The minimum absolute atomic E-state index is 0.165. The van der Waals surface area contributed by atoms with E-state index in [9.17, 15) is 4.79 Å². The molecule has 0 bridgehead atoms. The van der Waals surface area contributed by atoms with Gasteiger partial charge in [-0.25, -0.2) is 0 Å². The Morgan fingerprint density at radius 1 is 1.47 bits per heavy atom. The van der Waals surface area contributed by atoms with Crippen molar-refractivity contribution in [1.29, 1.82) is 0 Å². The number of Topliss-reactive ketones (excluding diaryl/α,β-unsaturated/α-hetero) is 1. The summed E-state index contributed by atoms with van der Waals surface area (Å²) in [6.45, 7) is 6.45. The summed E-state index contributed by atoms with van der Waals surface area (Å²) < 4.78 is 5.22. The van der Waals surface area contributed by atoms with E-state index in [1.54, 1.807) is 0 Å². The van der Waals surface area contributed by atoms with Crippen molar-refractivity contribution in [2.75, 3.05) is 19.8 Å². The van der Waals surface area contributed by atoms with Crippen molar-refractivity contribution in [1.82, 2.24) is 0 Å². The lowest BCUT2D eigenvalue weighted by Crippen LogP contribution is -2.21. The third-order valence-electron chi connectivity index (χ3n) is 3.25. The summed E-state index contributed by atoms with van der Waals surface area (Å²) in [6.07, 6.45) is 3.53. The van der Waals surface area contributed by atoms with Crippen LogP contribution >= 0.6 is 0 Å². The number of hydrogen-bond acceptors (Lipinski definition) is 3. The molecule has 0 spiro atoms. The molecule has 0 aromatic rings. The Morgan fingerprint density at radius 3 is 2.73 bits per heavy atom. The molecule has 0 aliphatic carbocycles. The van der Waals surface area contributed by atoms with Crippen molar-refractivity contribution >= 4 is 5.78 Å². The van der Waals surface area contributed by atoms with E-state index in [0.717, 1.165) is 25.9 Å². The second-order valence-corrected chi connectivity index (χ2v) is 5.23. The van der Waals surface area contributed by atoms with Crippen LogP contribution in [-0.4, -0.2) is 25.5 Å². The summed E-state index contributed by atoms with van der Waals surface area (Å²) in [5.74, 6) is 0.538. The molecule has 0 aromatic heterocycles. The summed E-state index contributed by atoms with van der Waals surface area (Å²) in [4.78, 5) is 11.8. The summed E-state index contributed by atoms with van der Waals surface area (Å²) in [5, 5.41) is 0. The summed E-state index contributed by atoms with van der Waals surface area (Å²) in [7, 11) is 0. The molecule has 15 heavy (non-hydrogen) atoms. The molecule has 3 heteroatoms. The first-order valence-electron chi connectivity index (χ1n) is 5.86. The van der Waals surface area contributed by atoms with E-state index in [-0.39, 0.29) is 11.3 Å². The van der Waals surface area contributed by atoms with Gasteiger partial charge in [0.2, 0.25) is 0 Å². The minimum atomic E-state index is 0.165. The van der Waals surface area contributed by atoms with Crippen molar-refractivity contribution in [3.05, 3.63) is 0 Å². The third-order valence-corrected chi connectivity index (χ3v) is 3.25. The first-order valence-corrected chi connectivity index (χ1v) is 5.86. The Hall–Kier alpha value is -0.410. The highest BCUT2D eigenvalue weighted by Crippen LogP contribution is 2.27. The van der Waals surface area contributed by atoms with Gasteiger partial charge in [0, 0.05) is 18.9 Å². The van der Waals surface area contributed by atoms with Crippen LogP contribution in [0.15, 0.2) is 0 Å². The van der Waals surface area contributed by atoms with Crippen LogP contribution in [-0.2, 0) is 9.53 Å². The lowest BCUT2D eigenvalue weighted by Gasteiger charge is -2.23. The van der Waals surface area contributed by atoms with Gasteiger partial charge < -0.3 is 10.5 Å². The standard InChI is InChI=1S/C12H23NO2/c1-12(2,6-7-13)5-3-11(14)10-4-8-15-9-10/h10H,3-9,13H2,1-2H3. The Bertz CT molecular complexity index is 208. The number of ether oxygens (including phenoxy) is 1. The molecule has 1 aliphatic rings. The molecule has 1 rings (SSSR count). The van der Waals surface area contributed by atoms with E-state index in [1.807, 2.05) is 0 Å². The highest BCUT2D eigenvalue weighted by atomic mass is 16.5. The van der Waals surface area contributed by atoms with Gasteiger partial charge in [0.15, 0.2) is 0 Å². The van der Waals surface area contributed by atoms with Crippen LogP contribution in [0.1, 0.15) is 39.5 Å². The topological polar surface area (TPSA) is 52.3 Å². The third kappa shape index (κ3) is 4.31. The summed E-state index contributed by atoms with van der Waals surface area (Å²) in [5.41, 5.74) is 5.74. The van der Waals surface area contributed by atoms with E-state index in [2.05, 4.69) is 13.8 Å². The molecular formula is C12H23NO2. The quantitative estimate of drug-likeness (QED) is 0.731. The fourth-order valence-electron chi connectivity index (χ4n) is 1.97. The molecular weight excluding hydrogens is 190 g/mol. The van der Waals surface area contributed by atoms with Gasteiger partial charge in [-0.1, -0.05) is 13.8 Å². The van der Waals surface area contributed by atoms with Crippen LogP contribution in [0, 0.1) is 11.3 Å². The molecule has 0 aromatic carbocycles. The lowest BCUT2D eigenvalue weighted by atomic mass is 9.82. The maximum absolute atomic E-state index is 11.8. The molecule has 88 valence electrons. The van der Waals surface area contributed by atoms with Crippen molar-refractivity contribution in [3.8, 4) is 0 Å². The second kappa shape index (κ2) is 5.61. The zero-order valence-electron chi connectivity index (χ0n) is 9.92. The summed E-state index contributed by atoms with van der Waals surface area (Å²) >= 11 is 0. The first-order chi connectivity index (χ1) is 7.05. The number of carbonyl (C=O) groups is 1. The van der Waals surface area contributed by atoms with Crippen LogP contribution in [0.4, 0.5) is 0 Å². The highest BCUT2D eigenvalue weighted by molar-refractivity contribution is 5.81. The SMILES string of the molecule is CC(C)(CCN)CCC(=O)C1CCOC1. The fraction of sp³-hybridized carbons (Fsp3) is 0.917. The highest BCUT2D eigenvalue weighted by Gasteiger charge is 2.25. The van der Waals surface area contributed by atoms with E-state index in [4.69, 9.17) is 10.5 Å². The number of rotatable bonds is 6. The van der Waals surface area contributed by atoms with Gasteiger partial charge in [-0.05, 0) is 31.2 Å². The second-order valence-electron chi connectivity index (χ2n) is 5.23. The summed E-state index contributed by atoms with van der Waals surface area (Å²) in [6, 6.07) is 0. The molecule has 1 unspecified atom stereocenters. The minimum Gasteiger partial charge on any atom is -0.381 e. The molecule has 3 nitrogen and oxygen atoms in total. The smallest absolute Gasteiger partial charge is 0.138 e. The molecule has 2 N–H and O–H groups in total. The molecule has 0 saturated carbocycles. The monoisotopic (exact) mass is 213 g/mol. The van der Waals surface area contributed by atoms with Crippen molar-refractivity contribution in [2.24, 2.45) is 17.1 Å². The predicted octanol–water partition coefficient (Wildman–Crippen LogP) is 1.75. The largest absolute Gasteiger partial charge is 0.381 e. The van der Waals surface area contributed by atoms with Gasteiger partial charge >= 0.3 is 0 Å². The zero-order valence-corrected chi connectivity index (χ0v) is 9.92. The van der Waals surface area contributed by atoms with Crippen LogP contribution in [0.2, 0.25) is 0 Å². The Balaban J connectivity index is 2.26. The van der Waals surface area contributed by atoms with E-state index >= 15 is 0 Å². The van der Waals surface area contributed by atoms with Crippen molar-refractivity contribution in [3.63, 3.8) is 0 Å².